The summed E-state index contributed by atoms with van der Waals surface area (Å²) in [6.07, 6.45) is -0.0647. The Balaban J connectivity index is 3.01. The third kappa shape index (κ3) is 24.4. The number of rotatable bonds is 20. The van der Waals surface area contributed by atoms with E-state index in [1.54, 1.807) is 86.6 Å². The second-order valence-corrected chi connectivity index (χ2v) is 17.8. The summed E-state index contributed by atoms with van der Waals surface area (Å²) in [6.45, 7) is 21.1. The molecule has 0 heterocycles. The summed E-state index contributed by atoms with van der Waals surface area (Å²) in [5, 5.41) is 19.5. The summed E-state index contributed by atoms with van der Waals surface area (Å²) in [6, 6.07) is 2.84. The quantitative estimate of drug-likeness (QED) is 0.0675. The van der Waals surface area contributed by atoms with Crippen LogP contribution in [-0.2, 0) is 49.4 Å². The van der Waals surface area contributed by atoms with Crippen molar-refractivity contribution in [3.63, 3.8) is 0 Å². The number of carboxylic acids is 1. The van der Waals surface area contributed by atoms with Gasteiger partial charge in [0.1, 0.15) is 46.3 Å². The first-order valence-corrected chi connectivity index (χ1v) is 19.3. The van der Waals surface area contributed by atoms with Crippen molar-refractivity contribution in [1.82, 2.24) is 21.3 Å². The van der Waals surface area contributed by atoms with E-state index in [2.05, 4.69) is 21.3 Å². The fourth-order valence-corrected chi connectivity index (χ4v) is 5.04. The number of nitrogens with one attached hydrogen (secondary N) is 4. The maximum absolute atomic E-state index is 13.3. The summed E-state index contributed by atoms with van der Waals surface area (Å²) in [7, 11) is 0. The maximum atomic E-state index is 13.3. The highest BCUT2D eigenvalue weighted by molar-refractivity contribution is 5.89. The summed E-state index contributed by atoms with van der Waals surface area (Å²) in [5.74, 6) is -3.64. The molecule has 0 aliphatic carbocycles. The lowest BCUT2D eigenvalue weighted by Crippen LogP contribution is -2.53. The van der Waals surface area contributed by atoms with Gasteiger partial charge in [0.25, 0.3) is 0 Å². The van der Waals surface area contributed by atoms with Gasteiger partial charge in [-0.3, -0.25) is 19.2 Å². The highest BCUT2D eigenvalue weighted by Gasteiger charge is 2.31. The number of aliphatic carboxylic acids is 1. The molecule has 1 rings (SSSR count). The van der Waals surface area contributed by atoms with Crippen LogP contribution in [0.25, 0.3) is 0 Å². The molecule has 0 spiro atoms. The van der Waals surface area contributed by atoms with Gasteiger partial charge in [-0.05, 0) is 126 Å². The number of hydrogen-bond acceptors (Lipinski definition) is 11. The Kier molecular flexibility index (Phi) is 19.5. The van der Waals surface area contributed by atoms with Crippen LogP contribution in [0.15, 0.2) is 24.3 Å². The van der Waals surface area contributed by atoms with Crippen molar-refractivity contribution in [1.29, 1.82) is 0 Å². The predicted octanol–water partition coefficient (Wildman–Crippen LogP) is 4.88. The van der Waals surface area contributed by atoms with Crippen LogP contribution in [-0.4, -0.2) is 93.9 Å². The van der Waals surface area contributed by atoms with Gasteiger partial charge in [0.05, 0.1) is 6.42 Å². The SMILES string of the molecule is CC(C)(C)OC(=O)CC[C@H](NC(=O)N[C@@H](CCCCNC(=O)[C@H](Cc1ccc(OC(C)(C)C)cc1)NC(=O)CCC(=O)O)C(=O)OC(C)(C)C)C(=O)OC(C)(C)C. The molecule has 0 unspecified atom stereocenters. The molecular weight excluding hydrogens is 740 g/mol. The molecule has 16 nitrogen and oxygen atoms in total. The molecule has 0 saturated heterocycles. The van der Waals surface area contributed by atoms with Gasteiger partial charge in [-0.15, -0.1) is 0 Å². The fourth-order valence-electron chi connectivity index (χ4n) is 5.04. The van der Waals surface area contributed by atoms with Crippen LogP contribution < -0.4 is 26.0 Å². The zero-order chi connectivity index (χ0) is 43.8. The molecule has 322 valence electrons. The molecule has 0 aliphatic heterocycles. The molecule has 0 fully saturated rings. The molecule has 16 heteroatoms. The molecule has 0 aliphatic rings. The summed E-state index contributed by atoms with van der Waals surface area (Å²) in [4.78, 5) is 88.8. The maximum Gasteiger partial charge on any atom is 0.329 e. The highest BCUT2D eigenvalue weighted by atomic mass is 16.6. The molecule has 4 amide bonds. The molecule has 0 aromatic heterocycles. The van der Waals surface area contributed by atoms with Crippen LogP contribution in [0.5, 0.6) is 5.75 Å². The van der Waals surface area contributed by atoms with E-state index in [0.29, 0.717) is 18.6 Å². The number of benzene rings is 1. The zero-order valence-electron chi connectivity index (χ0n) is 35.8. The molecule has 0 bridgehead atoms. The number of hydrogen-bond donors (Lipinski definition) is 5. The zero-order valence-corrected chi connectivity index (χ0v) is 35.8. The second-order valence-electron chi connectivity index (χ2n) is 17.8. The van der Waals surface area contributed by atoms with Crippen LogP contribution in [0.2, 0.25) is 0 Å². The Morgan fingerprint density at radius 1 is 0.596 bits per heavy atom. The van der Waals surface area contributed by atoms with Gasteiger partial charge < -0.3 is 45.3 Å². The Morgan fingerprint density at radius 3 is 1.58 bits per heavy atom. The van der Waals surface area contributed by atoms with Crippen molar-refractivity contribution in [2.75, 3.05) is 6.54 Å². The van der Waals surface area contributed by atoms with E-state index in [0.717, 1.165) is 5.56 Å². The van der Waals surface area contributed by atoms with E-state index in [9.17, 15) is 33.6 Å². The predicted molar refractivity (Wildman–Crippen MR) is 212 cm³/mol. The molecule has 1 aromatic carbocycles. The topological polar surface area (TPSA) is 225 Å². The number of amides is 4. The van der Waals surface area contributed by atoms with E-state index >= 15 is 0 Å². The third-order valence-electron chi connectivity index (χ3n) is 7.27. The van der Waals surface area contributed by atoms with E-state index in [4.69, 9.17) is 24.1 Å². The molecule has 5 N–H and O–H groups in total. The summed E-state index contributed by atoms with van der Waals surface area (Å²) < 4.78 is 22.2. The van der Waals surface area contributed by atoms with Crippen molar-refractivity contribution in [2.45, 2.75) is 175 Å². The number of carbonyl (C=O) groups is 7. The fraction of sp³-hybridized carbons (Fsp3) is 0.683. The van der Waals surface area contributed by atoms with Gasteiger partial charge in [-0.2, -0.15) is 0 Å². The van der Waals surface area contributed by atoms with Crippen LogP contribution >= 0.6 is 0 Å². The first-order chi connectivity index (χ1) is 26.0. The van der Waals surface area contributed by atoms with Crippen LogP contribution in [0.1, 0.15) is 134 Å². The van der Waals surface area contributed by atoms with Crippen LogP contribution in [0.3, 0.4) is 0 Å². The van der Waals surface area contributed by atoms with Crippen molar-refractivity contribution in [2.24, 2.45) is 0 Å². The molecule has 57 heavy (non-hydrogen) atoms. The van der Waals surface area contributed by atoms with Crippen molar-refractivity contribution in [3.8, 4) is 5.75 Å². The minimum Gasteiger partial charge on any atom is -0.488 e. The Bertz CT molecular complexity index is 1520. The first kappa shape index (κ1) is 50.1. The highest BCUT2D eigenvalue weighted by Crippen LogP contribution is 2.20. The van der Waals surface area contributed by atoms with Gasteiger partial charge in [0.2, 0.25) is 11.8 Å². The number of unbranched alkanes of at least 4 members (excludes halogenated alkanes) is 1. The van der Waals surface area contributed by atoms with Gasteiger partial charge >= 0.3 is 29.9 Å². The Labute approximate surface area is 337 Å². The van der Waals surface area contributed by atoms with Crippen LogP contribution in [0.4, 0.5) is 4.79 Å². The van der Waals surface area contributed by atoms with Crippen molar-refractivity contribution < 1.29 is 57.6 Å². The van der Waals surface area contributed by atoms with Gasteiger partial charge in [0, 0.05) is 25.8 Å². The normalized spacial score (nSPS) is 13.5. The minimum atomic E-state index is -1.24. The Morgan fingerprint density at radius 2 is 1.11 bits per heavy atom. The number of carbonyl (C=O) groups excluding carboxylic acids is 6. The van der Waals surface area contributed by atoms with E-state index in [-0.39, 0.29) is 38.6 Å². The minimum absolute atomic E-state index is 0.103. The largest absolute Gasteiger partial charge is 0.488 e. The molecular formula is C41H66N4O12. The number of carboxylic acid groups (broad SMARTS) is 1. The molecule has 1 aromatic rings. The molecule has 0 saturated carbocycles. The number of ether oxygens (including phenoxy) is 4. The lowest BCUT2D eigenvalue weighted by Gasteiger charge is -2.27. The van der Waals surface area contributed by atoms with Gasteiger partial charge in [-0.1, -0.05) is 12.1 Å². The van der Waals surface area contributed by atoms with Gasteiger partial charge in [-0.25, -0.2) is 14.4 Å². The summed E-state index contributed by atoms with van der Waals surface area (Å²) in [5.41, 5.74) is -2.18. The smallest absolute Gasteiger partial charge is 0.329 e. The van der Waals surface area contributed by atoms with Crippen molar-refractivity contribution >= 4 is 41.7 Å². The van der Waals surface area contributed by atoms with E-state index in [1.807, 2.05) is 20.8 Å². The summed E-state index contributed by atoms with van der Waals surface area (Å²) >= 11 is 0. The van der Waals surface area contributed by atoms with Crippen molar-refractivity contribution in [3.05, 3.63) is 29.8 Å². The van der Waals surface area contributed by atoms with E-state index in [1.165, 1.54) is 0 Å². The lowest BCUT2D eigenvalue weighted by molar-refractivity contribution is -0.159. The molecule has 0 radical (unpaired) electrons. The Hall–Kier alpha value is -4.89. The van der Waals surface area contributed by atoms with Crippen LogP contribution in [0, 0.1) is 0 Å². The number of urea groups is 1. The van der Waals surface area contributed by atoms with E-state index < -0.39 is 88.7 Å². The first-order valence-electron chi connectivity index (χ1n) is 19.3. The third-order valence-corrected chi connectivity index (χ3v) is 7.27. The average molecular weight is 807 g/mol. The monoisotopic (exact) mass is 806 g/mol. The lowest BCUT2D eigenvalue weighted by atomic mass is 10.0. The second kappa shape index (κ2) is 22.2. The number of esters is 3. The van der Waals surface area contributed by atoms with Gasteiger partial charge in [0.15, 0.2) is 0 Å². The standard InChI is InChI=1S/C41H66N4O12/c1-38(2,3)54-27-18-16-26(17-19-27)25-30(43-31(46)21-22-32(47)48)34(50)42-24-14-13-15-28(35(51)56-40(7,8)9)44-37(53)45-29(36(52)57-41(10,11)12)20-23-33(49)55-39(4,5)6/h16-19,28-30H,13-15,20-25H2,1-12H3,(H,42,50)(H,43,46)(H,47,48)(H2,44,45,53)/t28-,29-,30-/m0/s1. The average Bonchev–Trinajstić information content (AvgIpc) is 3.02. The molecule has 3 atom stereocenters.